The highest BCUT2D eigenvalue weighted by Crippen LogP contribution is 2.36. The predicted octanol–water partition coefficient (Wildman–Crippen LogP) is 2.91. The van der Waals surface area contributed by atoms with E-state index < -0.39 is 5.97 Å². The average molecular weight is 374 g/mol. The normalized spacial score (nSPS) is 21.4. The van der Waals surface area contributed by atoms with Crippen LogP contribution in [-0.4, -0.2) is 34.8 Å². The first kappa shape index (κ1) is 16.8. The van der Waals surface area contributed by atoms with E-state index in [2.05, 4.69) is 10.3 Å². The minimum Gasteiger partial charge on any atom is -0.481 e. The Morgan fingerprint density at radius 2 is 1.92 bits per heavy atom. The van der Waals surface area contributed by atoms with Gasteiger partial charge in [0.25, 0.3) is 5.91 Å². The summed E-state index contributed by atoms with van der Waals surface area (Å²) in [6.07, 6.45) is 2.56. The number of aliphatic carboxylic acids is 1. The topological polar surface area (TPSA) is 97.8 Å². The molecule has 4 rings (SSSR count). The zero-order chi connectivity index (χ0) is 18.1. The van der Waals surface area contributed by atoms with Gasteiger partial charge < -0.3 is 19.9 Å². The quantitative estimate of drug-likeness (QED) is 0.854. The van der Waals surface area contributed by atoms with E-state index in [9.17, 15) is 9.59 Å². The molecule has 1 aliphatic heterocycles. The van der Waals surface area contributed by atoms with Gasteiger partial charge in [-0.15, -0.1) is 11.3 Å². The Kier molecular flexibility index (Phi) is 4.50. The number of ether oxygens (including phenoxy) is 2. The molecule has 1 aromatic carbocycles. The van der Waals surface area contributed by atoms with Crippen molar-refractivity contribution in [1.29, 1.82) is 0 Å². The lowest BCUT2D eigenvalue weighted by molar-refractivity contribution is -0.142. The molecule has 26 heavy (non-hydrogen) atoms. The second kappa shape index (κ2) is 6.95. The van der Waals surface area contributed by atoms with E-state index in [1.165, 1.54) is 11.3 Å². The molecule has 2 N–H and O–H groups in total. The third-order valence-corrected chi connectivity index (χ3v) is 5.66. The fourth-order valence-corrected chi connectivity index (χ4v) is 4.08. The summed E-state index contributed by atoms with van der Waals surface area (Å²) in [6.45, 7) is 0.217. The zero-order valence-electron chi connectivity index (χ0n) is 13.9. The van der Waals surface area contributed by atoms with Gasteiger partial charge in [0.2, 0.25) is 6.79 Å². The van der Waals surface area contributed by atoms with Gasteiger partial charge in [-0.2, -0.15) is 0 Å². The van der Waals surface area contributed by atoms with Crippen molar-refractivity contribution in [3.05, 3.63) is 29.3 Å². The van der Waals surface area contributed by atoms with Crippen LogP contribution in [0.2, 0.25) is 0 Å². The van der Waals surface area contributed by atoms with Crippen molar-refractivity contribution in [1.82, 2.24) is 10.3 Å². The molecule has 0 spiro atoms. The molecule has 1 fully saturated rings. The largest absolute Gasteiger partial charge is 0.481 e. The fraction of sp³-hybridized carbons (Fsp3) is 0.389. The molecule has 2 heterocycles. The van der Waals surface area contributed by atoms with Gasteiger partial charge in [0.1, 0.15) is 10.7 Å². The number of nitrogens with one attached hydrogen (secondary N) is 1. The van der Waals surface area contributed by atoms with Crippen molar-refractivity contribution in [3.8, 4) is 22.1 Å². The summed E-state index contributed by atoms with van der Waals surface area (Å²) in [5.41, 5.74) is 1.25. The van der Waals surface area contributed by atoms with Crippen LogP contribution in [0.4, 0.5) is 0 Å². The highest BCUT2D eigenvalue weighted by atomic mass is 32.1. The number of carbonyl (C=O) groups excluding carboxylic acids is 1. The molecule has 1 saturated carbocycles. The monoisotopic (exact) mass is 374 g/mol. The molecular weight excluding hydrogens is 356 g/mol. The van der Waals surface area contributed by atoms with Crippen molar-refractivity contribution >= 4 is 23.2 Å². The lowest BCUT2D eigenvalue weighted by Crippen LogP contribution is -2.38. The van der Waals surface area contributed by atoms with Crippen molar-refractivity contribution in [2.24, 2.45) is 5.92 Å². The number of carboxylic acid groups (broad SMARTS) is 1. The van der Waals surface area contributed by atoms with Crippen molar-refractivity contribution in [2.45, 2.75) is 31.7 Å². The van der Waals surface area contributed by atoms with E-state index in [1.54, 1.807) is 5.38 Å². The van der Waals surface area contributed by atoms with Crippen LogP contribution in [0.1, 0.15) is 36.2 Å². The van der Waals surface area contributed by atoms with Crippen LogP contribution < -0.4 is 14.8 Å². The first-order chi connectivity index (χ1) is 12.6. The van der Waals surface area contributed by atoms with Gasteiger partial charge in [-0.25, -0.2) is 4.98 Å². The maximum atomic E-state index is 12.4. The number of carboxylic acids is 1. The van der Waals surface area contributed by atoms with Gasteiger partial charge >= 0.3 is 5.97 Å². The highest BCUT2D eigenvalue weighted by molar-refractivity contribution is 7.13. The summed E-state index contributed by atoms with van der Waals surface area (Å²) < 4.78 is 10.7. The van der Waals surface area contributed by atoms with E-state index in [0.29, 0.717) is 42.9 Å². The highest BCUT2D eigenvalue weighted by Gasteiger charge is 2.27. The SMILES string of the molecule is O=C(NC1CCC(C(=O)O)CC1)c1csc(-c2ccc3c(c2)OCO3)n1. The lowest BCUT2D eigenvalue weighted by Gasteiger charge is -2.26. The van der Waals surface area contributed by atoms with Crippen LogP contribution in [0, 0.1) is 5.92 Å². The molecule has 0 unspecified atom stereocenters. The molecule has 2 aromatic rings. The molecule has 2 aliphatic rings. The maximum absolute atomic E-state index is 12.4. The Morgan fingerprint density at radius 1 is 1.15 bits per heavy atom. The molecular formula is C18H18N2O5S. The second-order valence-electron chi connectivity index (χ2n) is 6.47. The van der Waals surface area contributed by atoms with E-state index in [0.717, 1.165) is 10.6 Å². The van der Waals surface area contributed by atoms with Gasteiger partial charge in [0.15, 0.2) is 11.5 Å². The minimum absolute atomic E-state index is 0.00814. The van der Waals surface area contributed by atoms with Gasteiger partial charge in [0, 0.05) is 17.0 Å². The van der Waals surface area contributed by atoms with E-state index in [-0.39, 0.29) is 24.7 Å². The number of aromatic nitrogens is 1. The summed E-state index contributed by atoms with van der Waals surface area (Å²) in [6, 6.07) is 5.59. The molecule has 136 valence electrons. The molecule has 0 bridgehead atoms. The standard InChI is InChI=1S/C18H18N2O5S/c21-16(19-12-4-1-10(2-5-12)18(22)23)13-8-26-17(20-13)11-3-6-14-15(7-11)25-9-24-14/h3,6-8,10,12H,1-2,4-5,9H2,(H,19,21)(H,22,23). The van der Waals surface area contributed by atoms with Crippen LogP contribution in [0.5, 0.6) is 11.5 Å². The number of benzene rings is 1. The first-order valence-electron chi connectivity index (χ1n) is 8.49. The number of carbonyl (C=O) groups is 2. The number of thiazole rings is 1. The molecule has 1 amide bonds. The summed E-state index contributed by atoms with van der Waals surface area (Å²) in [7, 11) is 0. The fourth-order valence-electron chi connectivity index (χ4n) is 3.28. The maximum Gasteiger partial charge on any atom is 0.306 e. The third-order valence-electron chi connectivity index (χ3n) is 4.77. The Bertz CT molecular complexity index is 842. The lowest BCUT2D eigenvalue weighted by atomic mass is 9.86. The number of amides is 1. The molecule has 0 saturated heterocycles. The molecule has 0 atom stereocenters. The van der Waals surface area contributed by atoms with Crippen LogP contribution in [-0.2, 0) is 4.79 Å². The Balaban J connectivity index is 1.40. The number of hydrogen-bond acceptors (Lipinski definition) is 6. The summed E-state index contributed by atoms with van der Waals surface area (Å²) in [5, 5.41) is 14.5. The van der Waals surface area contributed by atoms with Crippen LogP contribution >= 0.6 is 11.3 Å². The number of rotatable bonds is 4. The molecule has 1 aromatic heterocycles. The summed E-state index contributed by atoms with van der Waals surface area (Å²) >= 11 is 1.40. The Morgan fingerprint density at radius 3 is 2.69 bits per heavy atom. The van der Waals surface area contributed by atoms with Crippen LogP contribution in [0.25, 0.3) is 10.6 Å². The van der Waals surface area contributed by atoms with Gasteiger partial charge in [-0.1, -0.05) is 0 Å². The van der Waals surface area contributed by atoms with E-state index >= 15 is 0 Å². The number of fused-ring (bicyclic) bond motifs is 1. The van der Waals surface area contributed by atoms with Gasteiger partial charge in [0.05, 0.1) is 5.92 Å². The summed E-state index contributed by atoms with van der Waals surface area (Å²) in [5.74, 6) is 0.133. The van der Waals surface area contributed by atoms with Gasteiger partial charge in [-0.3, -0.25) is 9.59 Å². The minimum atomic E-state index is -0.748. The van der Waals surface area contributed by atoms with E-state index in [4.69, 9.17) is 14.6 Å². The Labute approximate surface area is 154 Å². The summed E-state index contributed by atoms with van der Waals surface area (Å²) in [4.78, 5) is 27.9. The molecule has 1 aliphatic carbocycles. The predicted molar refractivity (Wildman–Crippen MR) is 94.5 cm³/mol. The van der Waals surface area contributed by atoms with Crippen LogP contribution in [0.15, 0.2) is 23.6 Å². The van der Waals surface area contributed by atoms with E-state index in [1.807, 2.05) is 18.2 Å². The molecule has 8 heteroatoms. The third kappa shape index (κ3) is 3.37. The molecule has 0 radical (unpaired) electrons. The Hall–Kier alpha value is -2.61. The number of nitrogens with zero attached hydrogens (tertiary/aromatic N) is 1. The first-order valence-corrected chi connectivity index (χ1v) is 9.37. The smallest absolute Gasteiger partial charge is 0.306 e. The number of hydrogen-bond donors (Lipinski definition) is 2. The van der Waals surface area contributed by atoms with Crippen molar-refractivity contribution < 1.29 is 24.2 Å². The zero-order valence-corrected chi connectivity index (χ0v) is 14.8. The average Bonchev–Trinajstić information content (AvgIpc) is 3.31. The molecule has 7 nitrogen and oxygen atoms in total. The van der Waals surface area contributed by atoms with Crippen molar-refractivity contribution in [2.75, 3.05) is 6.79 Å². The van der Waals surface area contributed by atoms with Gasteiger partial charge in [-0.05, 0) is 43.9 Å². The van der Waals surface area contributed by atoms with Crippen LogP contribution in [0.3, 0.4) is 0 Å². The van der Waals surface area contributed by atoms with Crippen molar-refractivity contribution in [3.63, 3.8) is 0 Å². The second-order valence-corrected chi connectivity index (χ2v) is 7.32.